The lowest BCUT2D eigenvalue weighted by atomic mass is 9.74. The molecule has 0 spiro atoms. The molecule has 1 aliphatic carbocycles. The molecule has 0 aromatic carbocycles. The first-order valence-corrected chi connectivity index (χ1v) is 7.19. The number of carbonyl (C=O) groups is 1. The minimum Gasteiger partial charge on any atom is -0.467 e. The Balaban J connectivity index is 1.87. The molecule has 0 unspecified atom stereocenters. The Labute approximate surface area is 126 Å². The zero-order valence-electron chi connectivity index (χ0n) is 12.3. The summed E-state index contributed by atoms with van der Waals surface area (Å²) in [5.41, 5.74) is 1.44. The second-order valence-corrected chi connectivity index (χ2v) is 6.51. The fourth-order valence-corrected chi connectivity index (χ4v) is 3.17. The normalized spacial score (nSPS) is 23.2. The number of carbonyl (C=O) groups excluding carboxylic acids is 1. The summed E-state index contributed by atoms with van der Waals surface area (Å²) in [6, 6.07) is 3.25. The van der Waals surface area contributed by atoms with E-state index in [1.54, 1.807) is 12.3 Å². The average Bonchev–Trinajstić information content (AvgIpc) is 3.06. The number of furan rings is 1. The predicted octanol–water partition coefficient (Wildman–Crippen LogP) is 2.88. The number of nitrogens with zero attached hydrogens (tertiary/aromatic N) is 2. The predicted molar refractivity (Wildman–Crippen MR) is 78.0 cm³/mol. The number of ketones is 1. The van der Waals surface area contributed by atoms with E-state index in [1.165, 1.54) is 0 Å². The molecule has 2 N–H and O–H groups in total. The molecule has 7 nitrogen and oxygen atoms in total. The van der Waals surface area contributed by atoms with Crippen LogP contribution in [0.1, 0.15) is 38.5 Å². The summed E-state index contributed by atoms with van der Waals surface area (Å²) in [6.07, 6.45) is 2.84. The molecular weight excluding hydrogens is 284 g/mol. The molecule has 0 amide bonds. The van der Waals surface area contributed by atoms with Crippen molar-refractivity contribution in [1.29, 1.82) is 0 Å². The zero-order valence-corrected chi connectivity index (χ0v) is 12.3. The van der Waals surface area contributed by atoms with Crippen molar-refractivity contribution in [2.45, 2.75) is 32.7 Å². The monoisotopic (exact) mass is 300 g/mol. The van der Waals surface area contributed by atoms with Gasteiger partial charge in [-0.2, -0.15) is 0 Å². The molecule has 3 heterocycles. The fourth-order valence-electron chi connectivity index (χ4n) is 3.17. The summed E-state index contributed by atoms with van der Waals surface area (Å²) in [4.78, 5) is 12.7. The van der Waals surface area contributed by atoms with Crippen molar-refractivity contribution in [3.8, 4) is 0 Å². The van der Waals surface area contributed by atoms with E-state index in [9.17, 15) is 4.79 Å². The fraction of sp³-hybridized carbons (Fsp3) is 0.400. The number of rotatable bonds is 1. The standard InChI is InChI=1S/C15H16N4O3/c1-15(2)6-8-11(9(20)7-15)12(10-4-3-5-21-10)17-14-13(16-8)18-22-19-14/h3-5,12H,6-7H2,1-2H3,(H,16,18)(H,17,19)/t12-/m1/s1. The first-order chi connectivity index (χ1) is 10.5. The van der Waals surface area contributed by atoms with Gasteiger partial charge in [-0.1, -0.05) is 13.8 Å². The van der Waals surface area contributed by atoms with E-state index < -0.39 is 6.04 Å². The van der Waals surface area contributed by atoms with Gasteiger partial charge < -0.3 is 15.1 Å². The van der Waals surface area contributed by atoms with Crippen LogP contribution in [0.4, 0.5) is 11.6 Å². The number of allylic oxidation sites excluding steroid dienone is 1. The highest BCUT2D eigenvalue weighted by atomic mass is 16.6. The number of anilines is 2. The van der Waals surface area contributed by atoms with Crippen molar-refractivity contribution in [1.82, 2.24) is 10.3 Å². The molecule has 2 aliphatic rings. The molecule has 0 bridgehead atoms. The number of aromatic nitrogens is 2. The first kappa shape index (κ1) is 13.1. The molecule has 22 heavy (non-hydrogen) atoms. The van der Waals surface area contributed by atoms with Gasteiger partial charge in [-0.25, -0.2) is 4.63 Å². The topological polar surface area (TPSA) is 93.2 Å². The SMILES string of the molecule is CC1(C)CC(=O)C2=C(C1)Nc1nonc1N[C@@H]2c1ccco1. The van der Waals surface area contributed by atoms with Crippen molar-refractivity contribution >= 4 is 17.4 Å². The van der Waals surface area contributed by atoms with Crippen molar-refractivity contribution in [3.63, 3.8) is 0 Å². The van der Waals surface area contributed by atoms with E-state index in [1.807, 2.05) is 6.07 Å². The maximum absolute atomic E-state index is 12.7. The molecule has 1 atom stereocenters. The van der Waals surface area contributed by atoms with Crippen LogP contribution >= 0.6 is 0 Å². The summed E-state index contributed by atoms with van der Waals surface area (Å²) in [7, 11) is 0. The molecule has 2 aromatic rings. The Morgan fingerprint density at radius 2 is 2.09 bits per heavy atom. The maximum Gasteiger partial charge on any atom is 0.219 e. The largest absolute Gasteiger partial charge is 0.467 e. The van der Waals surface area contributed by atoms with Gasteiger partial charge in [-0.3, -0.25) is 4.79 Å². The molecular formula is C15H16N4O3. The van der Waals surface area contributed by atoms with E-state index >= 15 is 0 Å². The summed E-state index contributed by atoms with van der Waals surface area (Å²) in [5, 5.41) is 14.1. The lowest BCUT2D eigenvalue weighted by molar-refractivity contribution is -0.118. The van der Waals surface area contributed by atoms with Crippen molar-refractivity contribution < 1.29 is 13.8 Å². The van der Waals surface area contributed by atoms with Crippen molar-refractivity contribution in [3.05, 3.63) is 35.4 Å². The second-order valence-electron chi connectivity index (χ2n) is 6.51. The molecule has 4 rings (SSSR count). The Kier molecular flexibility index (Phi) is 2.66. The van der Waals surface area contributed by atoms with E-state index in [-0.39, 0.29) is 11.2 Å². The van der Waals surface area contributed by atoms with E-state index in [2.05, 4.69) is 34.8 Å². The summed E-state index contributed by atoms with van der Waals surface area (Å²) >= 11 is 0. The molecule has 0 fully saturated rings. The third-order valence-corrected chi connectivity index (χ3v) is 4.08. The molecule has 0 radical (unpaired) electrons. The zero-order chi connectivity index (χ0) is 15.3. The number of nitrogens with one attached hydrogen (secondary N) is 2. The highest BCUT2D eigenvalue weighted by Crippen LogP contribution is 2.44. The lowest BCUT2D eigenvalue weighted by Crippen LogP contribution is -2.31. The van der Waals surface area contributed by atoms with Crippen LogP contribution in [0.3, 0.4) is 0 Å². The van der Waals surface area contributed by atoms with E-state index in [4.69, 9.17) is 9.05 Å². The van der Waals surface area contributed by atoms with Crippen LogP contribution in [0, 0.1) is 5.41 Å². The highest BCUT2D eigenvalue weighted by Gasteiger charge is 2.40. The van der Waals surface area contributed by atoms with E-state index in [0.29, 0.717) is 29.4 Å². The van der Waals surface area contributed by atoms with Crippen LogP contribution in [0.5, 0.6) is 0 Å². The highest BCUT2D eigenvalue weighted by molar-refractivity contribution is 6.00. The van der Waals surface area contributed by atoms with Gasteiger partial charge in [-0.15, -0.1) is 0 Å². The van der Waals surface area contributed by atoms with Crippen LogP contribution < -0.4 is 10.6 Å². The van der Waals surface area contributed by atoms with Gasteiger partial charge in [-0.05, 0) is 34.3 Å². The molecule has 1 aliphatic heterocycles. The van der Waals surface area contributed by atoms with Gasteiger partial charge in [0.25, 0.3) is 0 Å². The summed E-state index contributed by atoms with van der Waals surface area (Å²) in [5.74, 6) is 1.74. The first-order valence-electron chi connectivity index (χ1n) is 7.19. The van der Waals surface area contributed by atoms with Gasteiger partial charge in [0.15, 0.2) is 5.78 Å². The molecule has 114 valence electrons. The van der Waals surface area contributed by atoms with Gasteiger partial charge in [0.05, 0.1) is 6.26 Å². The van der Waals surface area contributed by atoms with Crippen molar-refractivity contribution in [2.75, 3.05) is 10.6 Å². The van der Waals surface area contributed by atoms with E-state index in [0.717, 1.165) is 12.1 Å². The van der Waals surface area contributed by atoms with Crippen molar-refractivity contribution in [2.24, 2.45) is 5.41 Å². The van der Waals surface area contributed by atoms with Gasteiger partial charge in [0, 0.05) is 17.7 Å². The van der Waals surface area contributed by atoms with Gasteiger partial charge in [0.1, 0.15) is 11.8 Å². The maximum atomic E-state index is 12.7. The van der Waals surface area contributed by atoms with Crippen LogP contribution in [0.15, 0.2) is 38.7 Å². The molecule has 0 saturated heterocycles. The van der Waals surface area contributed by atoms with Crippen LogP contribution in [-0.4, -0.2) is 16.1 Å². The minimum absolute atomic E-state index is 0.0989. The Hall–Kier alpha value is -2.57. The smallest absolute Gasteiger partial charge is 0.219 e. The number of hydrogen-bond acceptors (Lipinski definition) is 7. The summed E-state index contributed by atoms with van der Waals surface area (Å²) in [6.45, 7) is 4.16. The number of hydrogen-bond donors (Lipinski definition) is 2. The quantitative estimate of drug-likeness (QED) is 0.836. The Morgan fingerprint density at radius 3 is 2.86 bits per heavy atom. The minimum atomic E-state index is -0.394. The third kappa shape index (κ3) is 2.01. The van der Waals surface area contributed by atoms with Gasteiger partial charge >= 0.3 is 0 Å². The average molecular weight is 300 g/mol. The number of fused-ring (bicyclic) bond motifs is 1. The summed E-state index contributed by atoms with van der Waals surface area (Å²) < 4.78 is 10.3. The van der Waals surface area contributed by atoms with Crippen LogP contribution in [-0.2, 0) is 4.79 Å². The Bertz CT molecular complexity index is 758. The lowest BCUT2D eigenvalue weighted by Gasteiger charge is -2.33. The Morgan fingerprint density at radius 1 is 1.27 bits per heavy atom. The third-order valence-electron chi connectivity index (χ3n) is 4.08. The number of Topliss-reactive ketones (excluding diaryl/α,β-unsaturated/α-hetero) is 1. The molecule has 2 aromatic heterocycles. The van der Waals surface area contributed by atoms with Gasteiger partial charge in [0.2, 0.25) is 11.6 Å². The molecule has 0 saturated carbocycles. The van der Waals surface area contributed by atoms with Crippen LogP contribution in [0.25, 0.3) is 0 Å². The van der Waals surface area contributed by atoms with Crippen LogP contribution in [0.2, 0.25) is 0 Å². The molecule has 7 heteroatoms. The second kappa shape index (κ2) is 4.46.